The van der Waals surface area contributed by atoms with Gasteiger partial charge in [0.1, 0.15) is 0 Å². The van der Waals surface area contributed by atoms with Gasteiger partial charge in [-0.25, -0.2) is 9.78 Å². The van der Waals surface area contributed by atoms with Gasteiger partial charge >= 0.3 is 5.97 Å². The normalized spacial score (nSPS) is 11.6. The van der Waals surface area contributed by atoms with Crippen LogP contribution in [0.25, 0.3) is 0 Å². The number of esters is 1. The molecule has 0 aliphatic heterocycles. The van der Waals surface area contributed by atoms with Crippen LogP contribution in [0.5, 0.6) is 0 Å². The summed E-state index contributed by atoms with van der Waals surface area (Å²) in [5, 5.41) is 14.8. The van der Waals surface area contributed by atoms with Gasteiger partial charge in [-0.1, -0.05) is 12.1 Å². The molecule has 24 heavy (non-hydrogen) atoms. The summed E-state index contributed by atoms with van der Waals surface area (Å²) in [6.45, 7) is 0. The minimum atomic E-state index is -0.864. The molecule has 1 atom stereocenters. The highest BCUT2D eigenvalue weighted by atomic mass is 32.1. The number of benzene rings is 1. The second-order valence-corrected chi connectivity index (χ2v) is 5.61. The molecule has 126 valence electrons. The topological polar surface area (TPSA) is 137 Å². The molecule has 0 spiro atoms. The first-order valence-electron chi connectivity index (χ1n) is 6.74. The van der Waals surface area contributed by atoms with E-state index in [-0.39, 0.29) is 22.9 Å². The van der Waals surface area contributed by atoms with Gasteiger partial charge in [0.05, 0.1) is 18.1 Å². The van der Waals surface area contributed by atoms with E-state index >= 15 is 0 Å². The van der Waals surface area contributed by atoms with E-state index in [0.29, 0.717) is 5.56 Å². The van der Waals surface area contributed by atoms with Crippen LogP contribution in [0.1, 0.15) is 16.1 Å². The lowest BCUT2D eigenvalue weighted by molar-refractivity contribution is -0.384. The van der Waals surface area contributed by atoms with E-state index in [4.69, 9.17) is 5.73 Å². The molecular weight excluding hydrogens is 336 g/mol. The largest absolute Gasteiger partial charge is 0.464 e. The predicted octanol–water partition coefficient (Wildman–Crippen LogP) is 1.35. The fourth-order valence-electron chi connectivity index (χ4n) is 1.83. The van der Waals surface area contributed by atoms with Gasteiger partial charge in [-0.15, -0.1) is 11.3 Å². The Kier molecular flexibility index (Phi) is 5.55. The second-order valence-electron chi connectivity index (χ2n) is 4.75. The summed E-state index contributed by atoms with van der Waals surface area (Å²) < 4.78 is 4.53. The maximum atomic E-state index is 12.0. The number of nitrogens with zero attached hydrogens (tertiary/aromatic N) is 2. The van der Waals surface area contributed by atoms with Crippen molar-refractivity contribution in [3.05, 3.63) is 51.0 Å². The van der Waals surface area contributed by atoms with E-state index in [9.17, 15) is 19.7 Å². The summed E-state index contributed by atoms with van der Waals surface area (Å²) in [6.07, 6.45) is 0.207. The first-order chi connectivity index (χ1) is 11.4. The van der Waals surface area contributed by atoms with Crippen molar-refractivity contribution in [1.29, 1.82) is 0 Å². The van der Waals surface area contributed by atoms with Crippen LogP contribution < -0.4 is 11.1 Å². The molecule has 0 saturated carbocycles. The Hall–Kier alpha value is -2.85. The van der Waals surface area contributed by atoms with E-state index in [1.165, 1.54) is 24.6 Å². The SMILES string of the molecule is COC(=O)c1csc(NC(=O)C(N)Cc2ccc([N+](=O)[O-])cc2)n1. The lowest BCUT2D eigenvalue weighted by Gasteiger charge is -2.10. The molecule has 1 aromatic heterocycles. The van der Waals surface area contributed by atoms with Gasteiger partial charge in [0, 0.05) is 17.5 Å². The van der Waals surface area contributed by atoms with Gasteiger partial charge in [0.25, 0.3) is 5.69 Å². The maximum absolute atomic E-state index is 12.0. The smallest absolute Gasteiger partial charge is 0.357 e. The van der Waals surface area contributed by atoms with Crippen LogP contribution in [-0.2, 0) is 16.0 Å². The molecule has 0 aliphatic carbocycles. The molecule has 0 bridgehead atoms. The van der Waals surface area contributed by atoms with E-state index in [1.807, 2.05) is 0 Å². The Labute approximate surface area is 140 Å². The van der Waals surface area contributed by atoms with Crippen molar-refractivity contribution in [2.75, 3.05) is 12.4 Å². The number of anilines is 1. The third-order valence-corrected chi connectivity index (χ3v) is 3.83. The Morgan fingerprint density at radius 3 is 2.67 bits per heavy atom. The number of nitro benzene ring substituents is 1. The van der Waals surface area contributed by atoms with Gasteiger partial charge in [0.15, 0.2) is 10.8 Å². The number of hydrogen-bond donors (Lipinski definition) is 2. The van der Waals surface area contributed by atoms with Crippen molar-refractivity contribution in [3.63, 3.8) is 0 Å². The molecule has 0 fully saturated rings. The summed E-state index contributed by atoms with van der Waals surface area (Å²) >= 11 is 1.08. The highest BCUT2D eigenvalue weighted by Crippen LogP contribution is 2.17. The highest BCUT2D eigenvalue weighted by molar-refractivity contribution is 7.14. The molecule has 1 heterocycles. The van der Waals surface area contributed by atoms with Gasteiger partial charge in [-0.05, 0) is 12.0 Å². The molecule has 2 rings (SSSR count). The molecular formula is C14H14N4O5S. The van der Waals surface area contributed by atoms with Gasteiger partial charge in [-0.2, -0.15) is 0 Å². The molecule has 1 amide bonds. The second kappa shape index (κ2) is 7.62. The minimum Gasteiger partial charge on any atom is -0.464 e. The average molecular weight is 350 g/mol. The van der Waals surface area contributed by atoms with Gasteiger partial charge in [-0.3, -0.25) is 14.9 Å². The van der Waals surface area contributed by atoms with E-state index in [0.717, 1.165) is 11.3 Å². The van der Waals surface area contributed by atoms with Crippen LogP contribution in [0.4, 0.5) is 10.8 Å². The number of aromatic nitrogens is 1. The van der Waals surface area contributed by atoms with Gasteiger partial charge in [0.2, 0.25) is 5.91 Å². The van der Waals surface area contributed by atoms with E-state index in [2.05, 4.69) is 15.0 Å². The van der Waals surface area contributed by atoms with Crippen molar-refractivity contribution in [3.8, 4) is 0 Å². The quantitative estimate of drug-likeness (QED) is 0.455. The zero-order valence-electron chi connectivity index (χ0n) is 12.6. The fraction of sp³-hybridized carbons (Fsp3) is 0.214. The van der Waals surface area contributed by atoms with Crippen LogP contribution in [0, 0.1) is 10.1 Å². The standard InChI is InChI=1S/C14H14N4O5S/c1-23-13(20)11-7-24-14(16-11)17-12(19)10(15)6-8-2-4-9(5-3-8)18(21)22/h2-5,7,10H,6,15H2,1H3,(H,16,17,19). The number of thiazole rings is 1. The lowest BCUT2D eigenvalue weighted by Crippen LogP contribution is -2.37. The molecule has 9 nitrogen and oxygen atoms in total. The molecule has 1 unspecified atom stereocenters. The Bertz CT molecular complexity index is 759. The number of nitrogens with two attached hydrogens (primary N) is 1. The number of rotatable bonds is 6. The zero-order chi connectivity index (χ0) is 17.7. The number of nitro groups is 1. The molecule has 1 aromatic carbocycles. The molecule has 0 saturated heterocycles. The number of carbonyl (C=O) groups is 2. The average Bonchev–Trinajstić information content (AvgIpc) is 3.03. The van der Waals surface area contributed by atoms with Crippen molar-refractivity contribution in [2.45, 2.75) is 12.5 Å². The lowest BCUT2D eigenvalue weighted by atomic mass is 10.1. The zero-order valence-corrected chi connectivity index (χ0v) is 13.4. The minimum absolute atomic E-state index is 0.0325. The number of non-ortho nitro benzene ring substituents is 1. The van der Waals surface area contributed by atoms with Crippen LogP contribution in [0.2, 0.25) is 0 Å². The van der Waals surface area contributed by atoms with Gasteiger partial charge < -0.3 is 15.8 Å². The first-order valence-corrected chi connectivity index (χ1v) is 7.62. The number of amides is 1. The Balaban J connectivity index is 1.95. The molecule has 10 heteroatoms. The number of ether oxygens (including phenoxy) is 1. The first kappa shape index (κ1) is 17.5. The Morgan fingerprint density at radius 1 is 1.42 bits per heavy atom. The maximum Gasteiger partial charge on any atom is 0.357 e. The van der Waals surface area contributed by atoms with Crippen LogP contribution in [0.3, 0.4) is 0 Å². The van der Waals surface area contributed by atoms with E-state index in [1.54, 1.807) is 12.1 Å². The fourth-order valence-corrected chi connectivity index (χ4v) is 2.51. The van der Waals surface area contributed by atoms with E-state index < -0.39 is 22.8 Å². The number of hydrogen-bond acceptors (Lipinski definition) is 8. The summed E-state index contributed by atoms with van der Waals surface area (Å²) in [7, 11) is 1.24. The summed E-state index contributed by atoms with van der Waals surface area (Å²) in [6, 6.07) is 4.93. The molecule has 3 N–H and O–H groups in total. The van der Waals surface area contributed by atoms with Crippen LogP contribution in [-0.4, -0.2) is 34.9 Å². The van der Waals surface area contributed by atoms with Crippen molar-refractivity contribution in [2.24, 2.45) is 5.73 Å². The molecule has 0 aliphatic rings. The van der Waals surface area contributed by atoms with Crippen LogP contribution >= 0.6 is 11.3 Å². The third-order valence-electron chi connectivity index (χ3n) is 3.07. The monoisotopic (exact) mass is 350 g/mol. The van der Waals surface area contributed by atoms with Crippen molar-refractivity contribution in [1.82, 2.24) is 4.98 Å². The Morgan fingerprint density at radius 2 is 2.08 bits per heavy atom. The number of methoxy groups -OCH3 is 1. The summed E-state index contributed by atoms with van der Waals surface area (Å²) in [5.41, 5.74) is 6.59. The summed E-state index contributed by atoms with van der Waals surface area (Å²) in [5.74, 6) is -1.07. The number of nitrogens with one attached hydrogen (secondary N) is 1. The van der Waals surface area contributed by atoms with Crippen molar-refractivity contribution < 1.29 is 19.2 Å². The highest BCUT2D eigenvalue weighted by Gasteiger charge is 2.18. The molecule has 2 aromatic rings. The molecule has 0 radical (unpaired) electrons. The predicted molar refractivity (Wildman–Crippen MR) is 86.9 cm³/mol. The van der Waals surface area contributed by atoms with Crippen molar-refractivity contribution >= 4 is 34.0 Å². The number of carbonyl (C=O) groups excluding carboxylic acids is 2. The van der Waals surface area contributed by atoms with Crippen LogP contribution in [0.15, 0.2) is 29.6 Å². The summed E-state index contributed by atoms with van der Waals surface area (Å²) in [4.78, 5) is 37.4. The third kappa shape index (κ3) is 4.33.